The van der Waals surface area contributed by atoms with Crippen molar-refractivity contribution in [2.75, 3.05) is 11.6 Å². The van der Waals surface area contributed by atoms with E-state index in [0.29, 0.717) is 10.9 Å². The fourth-order valence-corrected chi connectivity index (χ4v) is 3.45. The molecule has 1 aromatic carbocycles. The lowest BCUT2D eigenvalue weighted by atomic mass is 10.1. The Morgan fingerprint density at radius 1 is 1.50 bits per heavy atom. The highest BCUT2D eigenvalue weighted by molar-refractivity contribution is 7.99. The van der Waals surface area contributed by atoms with Crippen molar-refractivity contribution in [1.29, 1.82) is 0 Å². The monoisotopic (exact) mass is 296 g/mol. The van der Waals surface area contributed by atoms with E-state index < -0.39 is 10.9 Å². The van der Waals surface area contributed by atoms with Crippen molar-refractivity contribution in [2.24, 2.45) is 0 Å². The number of anilines is 1. The number of rotatable bonds is 5. The topological polar surface area (TPSA) is 92.5 Å². The van der Waals surface area contributed by atoms with Crippen LogP contribution >= 0.6 is 11.8 Å². The van der Waals surface area contributed by atoms with E-state index in [9.17, 15) is 14.9 Å². The number of thioether (sulfide) groups is 1. The molecular weight excluding hydrogens is 280 g/mol. The molecule has 0 heterocycles. The minimum Gasteiger partial charge on any atom is -0.478 e. The maximum atomic E-state index is 11.1. The Bertz CT molecular complexity index is 535. The number of nitro benzene ring substituents is 1. The summed E-state index contributed by atoms with van der Waals surface area (Å²) < 4.78 is 0. The van der Waals surface area contributed by atoms with Crippen LogP contribution in [0.15, 0.2) is 18.2 Å². The summed E-state index contributed by atoms with van der Waals surface area (Å²) in [5.41, 5.74) is 0.137. The summed E-state index contributed by atoms with van der Waals surface area (Å²) in [7, 11) is 0. The van der Waals surface area contributed by atoms with E-state index in [1.54, 1.807) is 11.8 Å². The molecule has 6 nitrogen and oxygen atoms in total. The van der Waals surface area contributed by atoms with Gasteiger partial charge < -0.3 is 10.4 Å². The van der Waals surface area contributed by atoms with Gasteiger partial charge in [-0.1, -0.05) is 6.42 Å². The summed E-state index contributed by atoms with van der Waals surface area (Å²) in [5.74, 6) is -1.16. The summed E-state index contributed by atoms with van der Waals surface area (Å²) in [6.45, 7) is 0. The molecule has 0 aliphatic heterocycles. The molecule has 2 rings (SSSR count). The molecular formula is C13H16N2O4S. The highest BCUT2D eigenvalue weighted by Crippen LogP contribution is 2.33. The van der Waals surface area contributed by atoms with Gasteiger partial charge in [-0.15, -0.1) is 0 Å². The number of nitrogens with zero attached hydrogens (tertiary/aromatic N) is 1. The third kappa shape index (κ3) is 3.04. The van der Waals surface area contributed by atoms with E-state index in [1.165, 1.54) is 12.1 Å². The Kier molecular flexibility index (Phi) is 4.49. The highest BCUT2D eigenvalue weighted by atomic mass is 32.2. The van der Waals surface area contributed by atoms with Crippen LogP contribution < -0.4 is 5.32 Å². The number of carbonyl (C=O) groups is 1. The lowest BCUT2D eigenvalue weighted by Crippen LogP contribution is -2.26. The number of carboxylic acids is 1. The zero-order valence-electron chi connectivity index (χ0n) is 11.0. The van der Waals surface area contributed by atoms with Crippen molar-refractivity contribution in [3.8, 4) is 0 Å². The molecule has 2 unspecified atom stereocenters. The minimum atomic E-state index is -1.16. The van der Waals surface area contributed by atoms with Crippen LogP contribution in [0.25, 0.3) is 0 Å². The normalized spacial score (nSPS) is 21.6. The number of hydrogen-bond acceptors (Lipinski definition) is 5. The third-order valence-electron chi connectivity index (χ3n) is 3.54. The van der Waals surface area contributed by atoms with Gasteiger partial charge in [-0.2, -0.15) is 11.8 Å². The van der Waals surface area contributed by atoms with Gasteiger partial charge in [0, 0.05) is 17.4 Å². The molecule has 0 radical (unpaired) electrons. The van der Waals surface area contributed by atoms with Gasteiger partial charge in [0.25, 0.3) is 5.69 Å². The molecule has 0 spiro atoms. The average Bonchev–Trinajstić information content (AvgIpc) is 2.85. The molecule has 2 atom stereocenters. The van der Waals surface area contributed by atoms with Crippen molar-refractivity contribution >= 4 is 29.1 Å². The number of hydrogen-bond donors (Lipinski definition) is 2. The maximum absolute atomic E-state index is 11.1. The van der Waals surface area contributed by atoms with Gasteiger partial charge in [0.2, 0.25) is 0 Å². The molecule has 1 fully saturated rings. The second kappa shape index (κ2) is 6.13. The lowest BCUT2D eigenvalue weighted by molar-refractivity contribution is -0.384. The van der Waals surface area contributed by atoms with E-state index in [0.717, 1.165) is 25.3 Å². The fourth-order valence-electron chi connectivity index (χ4n) is 2.51. The number of aromatic carboxylic acids is 1. The van der Waals surface area contributed by atoms with Crippen molar-refractivity contribution in [3.63, 3.8) is 0 Å². The first kappa shape index (κ1) is 14.6. The van der Waals surface area contributed by atoms with Crippen LogP contribution in [-0.4, -0.2) is 33.5 Å². The molecule has 0 aromatic heterocycles. The van der Waals surface area contributed by atoms with Gasteiger partial charge in [-0.3, -0.25) is 10.1 Å². The van der Waals surface area contributed by atoms with E-state index in [-0.39, 0.29) is 17.3 Å². The summed E-state index contributed by atoms with van der Waals surface area (Å²) in [6.07, 6.45) is 5.21. The molecule has 1 saturated carbocycles. The minimum absolute atomic E-state index is 0.0740. The number of nitrogens with one attached hydrogen (secondary N) is 1. The Morgan fingerprint density at radius 2 is 2.25 bits per heavy atom. The number of benzene rings is 1. The first-order chi connectivity index (χ1) is 9.52. The average molecular weight is 296 g/mol. The van der Waals surface area contributed by atoms with Crippen LogP contribution in [0.2, 0.25) is 0 Å². The highest BCUT2D eigenvalue weighted by Gasteiger charge is 2.28. The van der Waals surface area contributed by atoms with Gasteiger partial charge in [0.15, 0.2) is 0 Å². The summed E-state index contributed by atoms with van der Waals surface area (Å²) in [5, 5.41) is 23.6. The van der Waals surface area contributed by atoms with Crippen LogP contribution in [0.4, 0.5) is 11.4 Å². The molecule has 0 bridgehead atoms. The van der Waals surface area contributed by atoms with Crippen LogP contribution in [0.1, 0.15) is 29.6 Å². The Balaban J connectivity index is 2.27. The van der Waals surface area contributed by atoms with Crippen LogP contribution in [0.5, 0.6) is 0 Å². The van der Waals surface area contributed by atoms with Gasteiger partial charge in [0.1, 0.15) is 5.69 Å². The van der Waals surface area contributed by atoms with Gasteiger partial charge in [-0.25, -0.2) is 4.79 Å². The first-order valence-electron chi connectivity index (χ1n) is 6.34. The maximum Gasteiger partial charge on any atom is 0.335 e. The Labute approximate surface area is 120 Å². The molecule has 2 N–H and O–H groups in total. The standard InChI is InChI=1S/C13H16N2O4S/c1-20-12-4-2-3-10(12)14-9-6-5-8(13(16)17)7-11(9)15(18)19/h5-7,10,12,14H,2-4H2,1H3,(H,16,17). The predicted octanol–water partition coefficient (Wildman–Crippen LogP) is 2.99. The molecule has 0 amide bonds. The van der Waals surface area contributed by atoms with E-state index in [1.807, 2.05) is 6.26 Å². The smallest absolute Gasteiger partial charge is 0.335 e. The van der Waals surface area contributed by atoms with Crippen LogP contribution in [-0.2, 0) is 0 Å². The summed E-state index contributed by atoms with van der Waals surface area (Å²) in [4.78, 5) is 21.4. The second-order valence-electron chi connectivity index (χ2n) is 4.75. The Morgan fingerprint density at radius 3 is 2.85 bits per heavy atom. The lowest BCUT2D eigenvalue weighted by Gasteiger charge is -2.20. The first-order valence-corrected chi connectivity index (χ1v) is 7.62. The van der Waals surface area contributed by atoms with Gasteiger partial charge >= 0.3 is 5.97 Å². The van der Waals surface area contributed by atoms with Gasteiger partial charge in [-0.05, 0) is 31.2 Å². The van der Waals surface area contributed by atoms with Crippen molar-refractivity contribution in [2.45, 2.75) is 30.6 Å². The SMILES string of the molecule is CSC1CCCC1Nc1ccc(C(=O)O)cc1[N+](=O)[O-]. The zero-order chi connectivity index (χ0) is 14.7. The van der Waals surface area contributed by atoms with E-state index >= 15 is 0 Å². The second-order valence-corrected chi connectivity index (χ2v) is 5.83. The largest absolute Gasteiger partial charge is 0.478 e. The molecule has 108 valence electrons. The molecule has 1 aromatic rings. The summed E-state index contributed by atoms with van der Waals surface area (Å²) in [6, 6.07) is 4.17. The zero-order valence-corrected chi connectivity index (χ0v) is 11.9. The molecule has 20 heavy (non-hydrogen) atoms. The number of carboxylic acid groups (broad SMARTS) is 1. The third-order valence-corrected chi connectivity index (χ3v) is 4.71. The number of nitro groups is 1. The van der Waals surface area contributed by atoms with Crippen molar-refractivity contribution in [1.82, 2.24) is 0 Å². The Hall–Kier alpha value is -1.76. The van der Waals surface area contributed by atoms with Crippen LogP contribution in [0, 0.1) is 10.1 Å². The molecule has 1 aliphatic rings. The van der Waals surface area contributed by atoms with E-state index in [2.05, 4.69) is 5.32 Å². The van der Waals surface area contributed by atoms with E-state index in [4.69, 9.17) is 5.11 Å². The fraction of sp³-hybridized carbons (Fsp3) is 0.462. The molecule has 7 heteroatoms. The summed E-state index contributed by atoms with van der Waals surface area (Å²) >= 11 is 1.76. The van der Waals surface area contributed by atoms with Gasteiger partial charge in [0.05, 0.1) is 10.5 Å². The van der Waals surface area contributed by atoms with Crippen molar-refractivity contribution < 1.29 is 14.8 Å². The van der Waals surface area contributed by atoms with Crippen LogP contribution in [0.3, 0.4) is 0 Å². The molecule has 0 saturated heterocycles. The predicted molar refractivity (Wildman–Crippen MR) is 78.6 cm³/mol. The molecule has 1 aliphatic carbocycles. The van der Waals surface area contributed by atoms with Crippen molar-refractivity contribution in [3.05, 3.63) is 33.9 Å². The quantitative estimate of drug-likeness (QED) is 0.641.